The topological polar surface area (TPSA) is 20.2 Å². The van der Waals surface area contributed by atoms with Crippen molar-refractivity contribution in [1.29, 1.82) is 0 Å². The van der Waals surface area contributed by atoms with Crippen molar-refractivity contribution in [3.05, 3.63) is 0 Å². The minimum Gasteiger partial charge on any atom is -0.390 e. The zero-order chi connectivity index (χ0) is 12.7. The summed E-state index contributed by atoms with van der Waals surface area (Å²) >= 11 is 0. The quantitative estimate of drug-likeness (QED) is 0.718. The Bertz CT molecular complexity index is 259. The first kappa shape index (κ1) is 13.4. The molecule has 0 aliphatic heterocycles. The van der Waals surface area contributed by atoms with Gasteiger partial charge in [0.05, 0.1) is 5.60 Å². The maximum Gasteiger partial charge on any atom is 0.0676 e. The molecule has 1 heteroatoms. The van der Waals surface area contributed by atoms with E-state index in [-0.39, 0.29) is 5.60 Å². The van der Waals surface area contributed by atoms with Crippen LogP contribution in [0.3, 0.4) is 0 Å². The summed E-state index contributed by atoms with van der Waals surface area (Å²) in [6.07, 6.45) is 8.28. The molecule has 2 rings (SSSR count). The molecule has 0 aromatic rings. The van der Waals surface area contributed by atoms with Gasteiger partial charge >= 0.3 is 0 Å². The third-order valence-electron chi connectivity index (χ3n) is 5.83. The summed E-state index contributed by atoms with van der Waals surface area (Å²) in [5, 5.41) is 10.9. The molecule has 0 aromatic carbocycles. The Balaban J connectivity index is 1.98. The minimum absolute atomic E-state index is 0.329. The maximum atomic E-state index is 10.9. The van der Waals surface area contributed by atoms with Crippen LogP contribution in [-0.4, -0.2) is 10.7 Å². The van der Waals surface area contributed by atoms with Gasteiger partial charge in [0.2, 0.25) is 0 Å². The molecule has 3 unspecified atom stereocenters. The first-order valence-corrected chi connectivity index (χ1v) is 7.55. The Morgan fingerprint density at radius 2 is 1.47 bits per heavy atom. The summed E-state index contributed by atoms with van der Waals surface area (Å²) in [5.74, 6) is 2.23. The Morgan fingerprint density at radius 3 is 2.00 bits per heavy atom. The third kappa shape index (κ3) is 2.86. The van der Waals surface area contributed by atoms with Crippen LogP contribution in [0.4, 0.5) is 0 Å². The van der Waals surface area contributed by atoms with Gasteiger partial charge in [0.1, 0.15) is 0 Å². The van der Waals surface area contributed by atoms with Crippen molar-refractivity contribution in [2.24, 2.45) is 23.2 Å². The molecule has 0 aromatic heterocycles. The van der Waals surface area contributed by atoms with Crippen LogP contribution in [0.25, 0.3) is 0 Å². The highest BCUT2D eigenvalue weighted by molar-refractivity contribution is 4.96. The summed E-state index contributed by atoms with van der Waals surface area (Å²) in [4.78, 5) is 0. The molecule has 1 nitrogen and oxygen atoms in total. The van der Waals surface area contributed by atoms with Gasteiger partial charge in [-0.15, -0.1) is 0 Å². The fraction of sp³-hybridized carbons (Fsp3) is 1.00. The molecule has 0 bridgehead atoms. The van der Waals surface area contributed by atoms with Gasteiger partial charge in [-0.05, 0) is 61.7 Å². The molecule has 0 spiro atoms. The predicted octanol–water partition coefficient (Wildman–Crippen LogP) is 4.39. The van der Waals surface area contributed by atoms with E-state index in [4.69, 9.17) is 0 Å². The Morgan fingerprint density at radius 1 is 0.882 bits per heavy atom. The monoisotopic (exact) mass is 238 g/mol. The highest BCUT2D eigenvalue weighted by Crippen LogP contribution is 2.48. The SMILES string of the molecule is CC1CCC(C2(O)CCC(C)(C)CC2)CC1C. The first-order chi connectivity index (χ1) is 7.82. The molecule has 0 radical (unpaired) electrons. The van der Waals surface area contributed by atoms with Crippen LogP contribution in [0.2, 0.25) is 0 Å². The van der Waals surface area contributed by atoms with Gasteiger partial charge < -0.3 is 5.11 Å². The van der Waals surface area contributed by atoms with Gasteiger partial charge in [0, 0.05) is 0 Å². The maximum absolute atomic E-state index is 10.9. The lowest BCUT2D eigenvalue weighted by Gasteiger charge is -2.47. The van der Waals surface area contributed by atoms with Gasteiger partial charge in [-0.1, -0.05) is 34.1 Å². The molecule has 17 heavy (non-hydrogen) atoms. The number of hydrogen-bond donors (Lipinski definition) is 1. The Hall–Kier alpha value is -0.0400. The highest BCUT2D eigenvalue weighted by atomic mass is 16.3. The van der Waals surface area contributed by atoms with Crippen molar-refractivity contribution in [2.45, 2.75) is 78.2 Å². The van der Waals surface area contributed by atoms with Crippen molar-refractivity contribution in [3.63, 3.8) is 0 Å². The Kier molecular flexibility index (Phi) is 3.60. The van der Waals surface area contributed by atoms with E-state index in [1.54, 1.807) is 0 Å². The van der Waals surface area contributed by atoms with Crippen LogP contribution in [-0.2, 0) is 0 Å². The molecular formula is C16H30O. The molecule has 2 aliphatic rings. The fourth-order valence-electron chi connectivity index (χ4n) is 3.80. The smallest absolute Gasteiger partial charge is 0.0676 e. The molecule has 3 atom stereocenters. The van der Waals surface area contributed by atoms with Crippen molar-refractivity contribution < 1.29 is 5.11 Å². The van der Waals surface area contributed by atoms with Crippen LogP contribution in [0.15, 0.2) is 0 Å². The average Bonchev–Trinajstić information content (AvgIpc) is 2.27. The second-order valence-corrected chi connectivity index (χ2v) is 7.73. The van der Waals surface area contributed by atoms with E-state index in [1.807, 2.05) is 0 Å². The second kappa shape index (κ2) is 4.57. The largest absolute Gasteiger partial charge is 0.390 e. The summed E-state index contributed by atoms with van der Waals surface area (Å²) in [6, 6.07) is 0. The van der Waals surface area contributed by atoms with Gasteiger partial charge in [-0.25, -0.2) is 0 Å². The van der Waals surface area contributed by atoms with Crippen LogP contribution >= 0.6 is 0 Å². The lowest BCUT2D eigenvalue weighted by molar-refractivity contribution is -0.0909. The molecule has 0 saturated heterocycles. The van der Waals surface area contributed by atoms with E-state index in [2.05, 4.69) is 27.7 Å². The highest BCUT2D eigenvalue weighted by Gasteiger charge is 2.44. The molecule has 0 heterocycles. The zero-order valence-corrected chi connectivity index (χ0v) is 12.1. The van der Waals surface area contributed by atoms with Crippen LogP contribution in [0, 0.1) is 23.2 Å². The van der Waals surface area contributed by atoms with E-state index in [1.165, 1.54) is 32.1 Å². The molecule has 2 saturated carbocycles. The number of hydrogen-bond acceptors (Lipinski definition) is 1. The lowest BCUT2D eigenvalue weighted by atomic mass is 9.61. The minimum atomic E-state index is -0.329. The predicted molar refractivity (Wildman–Crippen MR) is 72.9 cm³/mol. The van der Waals surface area contributed by atoms with Crippen molar-refractivity contribution in [1.82, 2.24) is 0 Å². The van der Waals surface area contributed by atoms with E-state index in [9.17, 15) is 5.11 Å². The summed E-state index contributed by atoms with van der Waals surface area (Å²) < 4.78 is 0. The Labute approximate surface area is 107 Å². The van der Waals surface area contributed by atoms with Gasteiger partial charge in [0.25, 0.3) is 0 Å². The van der Waals surface area contributed by atoms with E-state index in [0.717, 1.165) is 24.7 Å². The summed E-state index contributed by atoms with van der Waals surface area (Å²) in [6.45, 7) is 9.43. The molecule has 2 fully saturated rings. The summed E-state index contributed by atoms with van der Waals surface area (Å²) in [7, 11) is 0. The van der Waals surface area contributed by atoms with E-state index < -0.39 is 0 Å². The van der Waals surface area contributed by atoms with Gasteiger partial charge in [-0.2, -0.15) is 0 Å². The number of aliphatic hydroxyl groups is 1. The summed E-state index contributed by atoms with van der Waals surface area (Å²) in [5.41, 5.74) is 0.129. The van der Waals surface area contributed by atoms with Gasteiger partial charge in [-0.3, -0.25) is 0 Å². The number of rotatable bonds is 1. The molecule has 0 amide bonds. The van der Waals surface area contributed by atoms with Crippen LogP contribution < -0.4 is 0 Å². The molecule has 1 N–H and O–H groups in total. The molecular weight excluding hydrogens is 208 g/mol. The van der Waals surface area contributed by atoms with Gasteiger partial charge in [0.15, 0.2) is 0 Å². The molecule has 2 aliphatic carbocycles. The zero-order valence-electron chi connectivity index (χ0n) is 12.1. The lowest BCUT2D eigenvalue weighted by Crippen LogP contribution is -2.45. The van der Waals surface area contributed by atoms with Crippen molar-refractivity contribution >= 4 is 0 Å². The first-order valence-electron chi connectivity index (χ1n) is 7.55. The fourth-order valence-corrected chi connectivity index (χ4v) is 3.80. The molecule has 100 valence electrons. The third-order valence-corrected chi connectivity index (χ3v) is 5.83. The van der Waals surface area contributed by atoms with E-state index >= 15 is 0 Å². The average molecular weight is 238 g/mol. The van der Waals surface area contributed by atoms with Crippen molar-refractivity contribution in [2.75, 3.05) is 0 Å². The standard InChI is InChI=1S/C16H30O/c1-12-5-6-14(11-13(12)2)16(17)9-7-15(3,4)8-10-16/h12-14,17H,5-11H2,1-4H3. The van der Waals surface area contributed by atoms with Crippen molar-refractivity contribution in [3.8, 4) is 0 Å². The second-order valence-electron chi connectivity index (χ2n) is 7.73. The van der Waals surface area contributed by atoms with Crippen LogP contribution in [0.5, 0.6) is 0 Å². The van der Waals surface area contributed by atoms with Crippen LogP contribution in [0.1, 0.15) is 72.6 Å². The van der Waals surface area contributed by atoms with E-state index in [0.29, 0.717) is 11.3 Å². The normalized spacial score (nSPS) is 41.1.